The number of aryl methyl sites for hydroxylation is 1. The quantitative estimate of drug-likeness (QED) is 0.819. The lowest BCUT2D eigenvalue weighted by atomic mass is 10.0. The molecule has 0 atom stereocenters. The highest BCUT2D eigenvalue weighted by atomic mass is 19.3. The van der Waals surface area contributed by atoms with Crippen molar-refractivity contribution in [2.75, 3.05) is 0 Å². The molecule has 0 unspecified atom stereocenters. The van der Waals surface area contributed by atoms with Crippen molar-refractivity contribution in [2.24, 2.45) is 0 Å². The van der Waals surface area contributed by atoms with E-state index in [1.807, 2.05) is 0 Å². The molecule has 17 heavy (non-hydrogen) atoms. The summed E-state index contributed by atoms with van der Waals surface area (Å²) in [5, 5.41) is 8.34. The van der Waals surface area contributed by atoms with Crippen LogP contribution < -0.4 is 0 Å². The Labute approximate surface area is 96.7 Å². The Morgan fingerprint density at radius 1 is 1.47 bits per heavy atom. The maximum Gasteiger partial charge on any atom is 0.274 e. The summed E-state index contributed by atoms with van der Waals surface area (Å²) >= 11 is 0. The number of oxazole rings is 1. The van der Waals surface area contributed by atoms with Gasteiger partial charge in [0.2, 0.25) is 0 Å². The van der Waals surface area contributed by atoms with E-state index in [1.165, 1.54) is 18.2 Å². The molecule has 88 valence electrons. The molecule has 0 radical (unpaired) electrons. The van der Waals surface area contributed by atoms with Crippen LogP contribution in [0.2, 0.25) is 0 Å². The first kappa shape index (κ1) is 11.5. The lowest BCUT2D eigenvalue weighted by molar-refractivity contribution is -0.0119. The van der Waals surface area contributed by atoms with Crippen molar-refractivity contribution in [2.45, 2.75) is 25.7 Å². The molecule has 5 heteroatoms. The fourth-order valence-corrected chi connectivity index (χ4v) is 1.62. The average molecular weight is 236 g/mol. The number of halogens is 2. The lowest BCUT2D eigenvalue weighted by Gasteiger charge is -2.14. The number of nitriles is 1. The van der Waals surface area contributed by atoms with Gasteiger partial charge < -0.3 is 4.42 Å². The third-order valence-corrected chi connectivity index (χ3v) is 2.47. The monoisotopic (exact) mass is 236 g/mol. The van der Waals surface area contributed by atoms with Crippen LogP contribution in [0.3, 0.4) is 0 Å². The predicted molar refractivity (Wildman–Crippen MR) is 57.5 cm³/mol. The van der Waals surface area contributed by atoms with E-state index >= 15 is 0 Å². The molecule has 0 saturated carbocycles. The van der Waals surface area contributed by atoms with Crippen molar-refractivity contribution in [1.82, 2.24) is 4.98 Å². The molecule has 0 aliphatic rings. The number of hydrogen-bond donors (Lipinski definition) is 0. The van der Waals surface area contributed by atoms with Crippen LogP contribution in [0.15, 0.2) is 22.6 Å². The van der Waals surface area contributed by atoms with Gasteiger partial charge in [-0.15, -0.1) is 0 Å². The van der Waals surface area contributed by atoms with Crippen molar-refractivity contribution in [1.29, 1.82) is 5.26 Å². The first-order valence-corrected chi connectivity index (χ1v) is 5.15. The van der Waals surface area contributed by atoms with Crippen LogP contribution in [0.4, 0.5) is 8.78 Å². The van der Waals surface area contributed by atoms with Gasteiger partial charge in [-0.25, -0.2) is 13.8 Å². The Morgan fingerprint density at radius 2 is 2.24 bits per heavy atom. The van der Waals surface area contributed by atoms with Crippen LogP contribution in [0.1, 0.15) is 24.3 Å². The van der Waals surface area contributed by atoms with E-state index in [2.05, 4.69) is 4.98 Å². The highest BCUT2D eigenvalue weighted by Crippen LogP contribution is 2.34. The fraction of sp³-hybridized carbons (Fsp3) is 0.333. The number of nitrogens with zero attached hydrogens (tertiary/aromatic N) is 2. The zero-order chi connectivity index (χ0) is 12.5. The smallest absolute Gasteiger partial charge is 0.274 e. The van der Waals surface area contributed by atoms with Crippen LogP contribution in [0.5, 0.6) is 0 Å². The second-order valence-corrected chi connectivity index (χ2v) is 3.78. The van der Waals surface area contributed by atoms with Crippen LogP contribution >= 0.6 is 0 Å². The van der Waals surface area contributed by atoms with E-state index in [1.54, 1.807) is 13.0 Å². The topological polar surface area (TPSA) is 49.8 Å². The van der Waals surface area contributed by atoms with Gasteiger partial charge in [-0.2, -0.15) is 5.26 Å². The van der Waals surface area contributed by atoms with Gasteiger partial charge in [0.25, 0.3) is 5.92 Å². The van der Waals surface area contributed by atoms with Crippen LogP contribution in [0, 0.1) is 18.3 Å². The average Bonchev–Trinajstić information content (AvgIpc) is 2.65. The normalized spacial score (nSPS) is 11.6. The van der Waals surface area contributed by atoms with Gasteiger partial charge >= 0.3 is 0 Å². The standard InChI is InChI=1S/C12H10F2N2O/c1-8-16-10-4-3-9(7-11(10)17-8)12(13,14)5-2-6-15/h3-4,7H,2,5H2,1H3. The van der Waals surface area contributed by atoms with Gasteiger partial charge in [0.1, 0.15) is 5.52 Å². The molecule has 0 aliphatic heterocycles. The summed E-state index contributed by atoms with van der Waals surface area (Å²) in [5.74, 6) is -2.57. The van der Waals surface area contributed by atoms with Crippen LogP contribution in [0.25, 0.3) is 11.1 Å². The minimum atomic E-state index is -3.01. The molecule has 2 rings (SSSR count). The molecule has 1 aromatic heterocycles. The Balaban J connectivity index is 2.38. The van der Waals surface area contributed by atoms with Crippen molar-refractivity contribution in [3.05, 3.63) is 29.7 Å². The van der Waals surface area contributed by atoms with Crippen LogP contribution in [-0.2, 0) is 5.92 Å². The van der Waals surface area contributed by atoms with E-state index in [9.17, 15) is 8.78 Å². The third-order valence-electron chi connectivity index (χ3n) is 2.47. The molecule has 3 nitrogen and oxygen atoms in total. The van der Waals surface area contributed by atoms with E-state index < -0.39 is 12.3 Å². The minimum Gasteiger partial charge on any atom is -0.441 e. The summed E-state index contributed by atoms with van der Waals surface area (Å²) in [5.41, 5.74) is 0.760. The van der Waals surface area contributed by atoms with Crippen molar-refractivity contribution in [3.8, 4) is 6.07 Å². The van der Waals surface area contributed by atoms with Gasteiger partial charge in [-0.1, -0.05) is 6.07 Å². The maximum atomic E-state index is 13.7. The summed E-state index contributed by atoms with van der Waals surface area (Å²) < 4.78 is 32.5. The molecule has 0 spiro atoms. The Bertz CT molecular complexity index is 584. The summed E-state index contributed by atoms with van der Waals surface area (Å²) in [6.45, 7) is 1.66. The maximum absolute atomic E-state index is 13.7. The van der Waals surface area contributed by atoms with E-state index in [4.69, 9.17) is 9.68 Å². The second-order valence-electron chi connectivity index (χ2n) is 3.78. The predicted octanol–water partition coefficient (Wildman–Crippen LogP) is 3.53. The van der Waals surface area contributed by atoms with Crippen molar-refractivity contribution >= 4 is 11.1 Å². The lowest BCUT2D eigenvalue weighted by Crippen LogP contribution is -2.12. The largest absolute Gasteiger partial charge is 0.441 e. The first-order chi connectivity index (χ1) is 8.03. The molecular weight excluding hydrogens is 226 g/mol. The van der Waals surface area contributed by atoms with E-state index in [-0.39, 0.29) is 12.0 Å². The van der Waals surface area contributed by atoms with Gasteiger partial charge in [-0.05, 0) is 12.1 Å². The SMILES string of the molecule is Cc1nc2ccc(C(F)(F)CCC#N)cc2o1. The van der Waals surface area contributed by atoms with E-state index in [0.29, 0.717) is 17.0 Å². The highest BCUT2D eigenvalue weighted by Gasteiger charge is 2.31. The van der Waals surface area contributed by atoms with Gasteiger partial charge in [0, 0.05) is 25.3 Å². The molecule has 0 amide bonds. The number of benzene rings is 1. The Hall–Kier alpha value is -1.96. The molecule has 2 aromatic rings. The summed E-state index contributed by atoms with van der Waals surface area (Å²) in [6.07, 6.45) is -0.664. The Morgan fingerprint density at radius 3 is 2.94 bits per heavy atom. The Kier molecular flexibility index (Phi) is 2.80. The van der Waals surface area contributed by atoms with Gasteiger partial charge in [0.15, 0.2) is 11.5 Å². The zero-order valence-corrected chi connectivity index (χ0v) is 9.20. The number of hydrogen-bond acceptors (Lipinski definition) is 3. The molecular formula is C12H10F2N2O. The molecule has 0 saturated heterocycles. The molecule has 1 heterocycles. The molecule has 0 bridgehead atoms. The second kappa shape index (κ2) is 4.13. The fourth-order valence-electron chi connectivity index (χ4n) is 1.62. The molecule has 0 fully saturated rings. The third kappa shape index (κ3) is 2.26. The first-order valence-electron chi connectivity index (χ1n) is 5.15. The number of rotatable bonds is 3. The number of alkyl halides is 2. The summed E-state index contributed by atoms with van der Waals surface area (Å²) in [4.78, 5) is 4.03. The number of fused-ring (bicyclic) bond motifs is 1. The van der Waals surface area contributed by atoms with E-state index in [0.717, 1.165) is 0 Å². The summed E-state index contributed by atoms with van der Waals surface area (Å²) in [6, 6.07) is 5.83. The van der Waals surface area contributed by atoms with Gasteiger partial charge in [-0.3, -0.25) is 0 Å². The van der Waals surface area contributed by atoms with Crippen molar-refractivity contribution < 1.29 is 13.2 Å². The van der Waals surface area contributed by atoms with Crippen LogP contribution in [-0.4, -0.2) is 4.98 Å². The summed E-state index contributed by atoms with van der Waals surface area (Å²) in [7, 11) is 0. The zero-order valence-electron chi connectivity index (χ0n) is 9.20. The molecule has 1 aromatic carbocycles. The molecule has 0 aliphatic carbocycles. The number of aromatic nitrogens is 1. The highest BCUT2D eigenvalue weighted by molar-refractivity contribution is 5.73. The van der Waals surface area contributed by atoms with Gasteiger partial charge in [0.05, 0.1) is 6.07 Å². The minimum absolute atomic E-state index is 0.142. The van der Waals surface area contributed by atoms with Crippen molar-refractivity contribution in [3.63, 3.8) is 0 Å². The molecule has 0 N–H and O–H groups in total.